The molecule has 1 aliphatic heterocycles. The van der Waals surface area contributed by atoms with Crippen LogP contribution >= 0.6 is 0 Å². The van der Waals surface area contributed by atoms with E-state index in [1.54, 1.807) is 24.3 Å². The average molecular weight is 219 g/mol. The number of amides is 1. The number of carbonyl (C=O) groups is 1. The third-order valence-electron chi connectivity index (χ3n) is 2.92. The number of hydrogen-bond donors (Lipinski definition) is 2. The van der Waals surface area contributed by atoms with E-state index < -0.39 is 0 Å². The summed E-state index contributed by atoms with van der Waals surface area (Å²) in [5, 5.41) is 3.27. The van der Waals surface area contributed by atoms with Crippen molar-refractivity contribution < 1.29 is 4.79 Å². The van der Waals surface area contributed by atoms with Crippen LogP contribution in [-0.2, 0) is 0 Å². The number of nitrogens with two attached hydrogens (primary N) is 1. The second-order valence-corrected chi connectivity index (χ2v) is 4.17. The van der Waals surface area contributed by atoms with E-state index in [1.807, 2.05) is 4.90 Å². The van der Waals surface area contributed by atoms with Gasteiger partial charge in [-0.3, -0.25) is 4.79 Å². The zero-order chi connectivity index (χ0) is 11.5. The molecule has 0 saturated carbocycles. The summed E-state index contributed by atoms with van der Waals surface area (Å²) in [7, 11) is 0. The van der Waals surface area contributed by atoms with E-state index >= 15 is 0 Å². The molecule has 0 aliphatic carbocycles. The van der Waals surface area contributed by atoms with E-state index in [1.165, 1.54) is 0 Å². The van der Waals surface area contributed by atoms with Crippen molar-refractivity contribution in [1.29, 1.82) is 0 Å². The van der Waals surface area contributed by atoms with Gasteiger partial charge in [0.15, 0.2) is 0 Å². The fourth-order valence-corrected chi connectivity index (χ4v) is 1.93. The van der Waals surface area contributed by atoms with Gasteiger partial charge in [-0.2, -0.15) is 0 Å². The zero-order valence-corrected chi connectivity index (χ0v) is 9.44. The maximum atomic E-state index is 12.2. The van der Waals surface area contributed by atoms with Crippen molar-refractivity contribution in [2.24, 2.45) is 0 Å². The second kappa shape index (κ2) is 4.53. The minimum Gasteiger partial charge on any atom is -0.399 e. The Kier molecular flexibility index (Phi) is 3.10. The number of piperazine rings is 1. The Balaban J connectivity index is 2.14. The molecule has 1 aliphatic rings. The molecule has 0 unspecified atom stereocenters. The van der Waals surface area contributed by atoms with Crippen molar-refractivity contribution in [3.63, 3.8) is 0 Å². The van der Waals surface area contributed by atoms with Crippen LogP contribution in [0.15, 0.2) is 24.3 Å². The Hall–Kier alpha value is -1.55. The standard InChI is InChI=1S/C12H17N3O/c1-9-8-14-6-7-15(9)12(16)10-2-4-11(13)5-3-10/h2-5,9,14H,6-8,13H2,1H3/t9-/m1/s1. The van der Waals surface area contributed by atoms with Crippen LogP contribution < -0.4 is 11.1 Å². The van der Waals surface area contributed by atoms with Crippen molar-refractivity contribution in [3.05, 3.63) is 29.8 Å². The molecular formula is C12H17N3O. The number of benzene rings is 1. The minimum absolute atomic E-state index is 0.0917. The van der Waals surface area contributed by atoms with Gasteiger partial charge in [0.2, 0.25) is 0 Å². The van der Waals surface area contributed by atoms with Gasteiger partial charge in [-0.05, 0) is 31.2 Å². The number of nitrogens with zero attached hydrogens (tertiary/aromatic N) is 1. The predicted octanol–water partition coefficient (Wildman–Crippen LogP) is 0.703. The molecule has 3 N–H and O–H groups in total. The number of hydrogen-bond acceptors (Lipinski definition) is 3. The molecule has 2 rings (SSSR count). The lowest BCUT2D eigenvalue weighted by molar-refractivity contribution is 0.0656. The summed E-state index contributed by atoms with van der Waals surface area (Å²) < 4.78 is 0. The van der Waals surface area contributed by atoms with Crippen LogP contribution in [0.25, 0.3) is 0 Å². The van der Waals surface area contributed by atoms with Crippen molar-refractivity contribution in [2.45, 2.75) is 13.0 Å². The van der Waals surface area contributed by atoms with E-state index in [9.17, 15) is 4.79 Å². The Morgan fingerprint density at radius 2 is 2.12 bits per heavy atom. The van der Waals surface area contributed by atoms with Gasteiger partial charge in [0.1, 0.15) is 0 Å². The van der Waals surface area contributed by atoms with Crippen LogP contribution in [0.3, 0.4) is 0 Å². The SMILES string of the molecule is C[C@@H]1CNCCN1C(=O)c1ccc(N)cc1. The lowest BCUT2D eigenvalue weighted by atomic mass is 10.1. The van der Waals surface area contributed by atoms with E-state index in [0.717, 1.165) is 19.6 Å². The summed E-state index contributed by atoms with van der Waals surface area (Å²) in [6.07, 6.45) is 0. The molecule has 4 heteroatoms. The van der Waals surface area contributed by atoms with Crippen LogP contribution in [0.4, 0.5) is 5.69 Å². The predicted molar refractivity (Wildman–Crippen MR) is 64.2 cm³/mol. The maximum absolute atomic E-state index is 12.2. The number of nitrogen functional groups attached to an aromatic ring is 1. The maximum Gasteiger partial charge on any atom is 0.254 e. The van der Waals surface area contributed by atoms with Crippen LogP contribution in [0.5, 0.6) is 0 Å². The topological polar surface area (TPSA) is 58.4 Å². The first kappa shape index (κ1) is 11.0. The quantitative estimate of drug-likeness (QED) is 0.684. The molecule has 1 heterocycles. The van der Waals surface area contributed by atoms with Gasteiger partial charge < -0.3 is 16.0 Å². The second-order valence-electron chi connectivity index (χ2n) is 4.17. The molecule has 4 nitrogen and oxygen atoms in total. The fourth-order valence-electron chi connectivity index (χ4n) is 1.93. The van der Waals surface area contributed by atoms with Crippen molar-refractivity contribution in [2.75, 3.05) is 25.4 Å². The molecule has 16 heavy (non-hydrogen) atoms. The minimum atomic E-state index is 0.0917. The molecule has 1 atom stereocenters. The Morgan fingerprint density at radius 3 is 2.75 bits per heavy atom. The van der Waals surface area contributed by atoms with Gasteiger partial charge in [-0.25, -0.2) is 0 Å². The highest BCUT2D eigenvalue weighted by Crippen LogP contribution is 2.12. The number of rotatable bonds is 1. The average Bonchev–Trinajstić information content (AvgIpc) is 2.30. The third kappa shape index (κ3) is 2.17. The van der Waals surface area contributed by atoms with Crippen LogP contribution in [-0.4, -0.2) is 36.5 Å². The molecular weight excluding hydrogens is 202 g/mol. The van der Waals surface area contributed by atoms with Crippen molar-refractivity contribution in [1.82, 2.24) is 10.2 Å². The van der Waals surface area contributed by atoms with Crippen molar-refractivity contribution >= 4 is 11.6 Å². The molecule has 1 saturated heterocycles. The highest BCUT2D eigenvalue weighted by atomic mass is 16.2. The van der Waals surface area contributed by atoms with Gasteiger partial charge >= 0.3 is 0 Å². The smallest absolute Gasteiger partial charge is 0.254 e. The summed E-state index contributed by atoms with van der Waals surface area (Å²) in [4.78, 5) is 14.1. The van der Waals surface area contributed by atoms with E-state index in [-0.39, 0.29) is 11.9 Å². The summed E-state index contributed by atoms with van der Waals surface area (Å²) >= 11 is 0. The van der Waals surface area contributed by atoms with Gasteiger partial charge in [-0.15, -0.1) is 0 Å². The Labute approximate surface area is 95.4 Å². The Bertz CT molecular complexity index is 374. The van der Waals surface area contributed by atoms with Crippen molar-refractivity contribution in [3.8, 4) is 0 Å². The van der Waals surface area contributed by atoms with Crippen LogP contribution in [0.1, 0.15) is 17.3 Å². The summed E-state index contributed by atoms with van der Waals surface area (Å²) in [5.74, 6) is 0.0917. The van der Waals surface area contributed by atoms with Crippen LogP contribution in [0, 0.1) is 0 Å². The van der Waals surface area contributed by atoms with Gasteiger partial charge in [0.25, 0.3) is 5.91 Å². The molecule has 86 valence electrons. The zero-order valence-electron chi connectivity index (χ0n) is 9.44. The first-order valence-electron chi connectivity index (χ1n) is 5.55. The van der Waals surface area contributed by atoms with Gasteiger partial charge in [-0.1, -0.05) is 0 Å². The summed E-state index contributed by atoms with van der Waals surface area (Å²) in [6.45, 7) is 4.55. The molecule has 1 amide bonds. The molecule has 0 spiro atoms. The summed E-state index contributed by atoms with van der Waals surface area (Å²) in [5.41, 5.74) is 6.99. The molecule has 0 bridgehead atoms. The fraction of sp³-hybridized carbons (Fsp3) is 0.417. The highest BCUT2D eigenvalue weighted by Gasteiger charge is 2.23. The first-order valence-corrected chi connectivity index (χ1v) is 5.55. The molecule has 1 fully saturated rings. The van der Waals surface area contributed by atoms with E-state index in [2.05, 4.69) is 12.2 Å². The lowest BCUT2D eigenvalue weighted by Gasteiger charge is -2.34. The van der Waals surface area contributed by atoms with Crippen LogP contribution in [0.2, 0.25) is 0 Å². The largest absolute Gasteiger partial charge is 0.399 e. The van der Waals surface area contributed by atoms with Gasteiger partial charge in [0, 0.05) is 36.9 Å². The van der Waals surface area contributed by atoms with Gasteiger partial charge in [0.05, 0.1) is 0 Å². The number of carbonyl (C=O) groups excluding carboxylic acids is 1. The molecule has 1 aromatic rings. The van der Waals surface area contributed by atoms with E-state index in [0.29, 0.717) is 11.3 Å². The number of nitrogens with one attached hydrogen (secondary N) is 1. The normalized spacial score (nSPS) is 20.8. The first-order chi connectivity index (χ1) is 7.68. The molecule has 0 radical (unpaired) electrons. The Morgan fingerprint density at radius 1 is 1.44 bits per heavy atom. The number of anilines is 1. The van der Waals surface area contributed by atoms with E-state index in [4.69, 9.17) is 5.73 Å². The molecule has 0 aromatic heterocycles. The molecule has 1 aromatic carbocycles. The highest BCUT2D eigenvalue weighted by molar-refractivity contribution is 5.94. The summed E-state index contributed by atoms with van der Waals surface area (Å²) in [6, 6.07) is 7.35. The lowest BCUT2D eigenvalue weighted by Crippen LogP contribution is -2.52. The third-order valence-corrected chi connectivity index (χ3v) is 2.92. The monoisotopic (exact) mass is 219 g/mol.